The maximum atomic E-state index is 9.13. The Bertz CT molecular complexity index is 212. The fraction of sp³-hybridized carbons (Fsp3) is 0.923. The van der Waals surface area contributed by atoms with Gasteiger partial charge in [0.1, 0.15) is 0 Å². The van der Waals surface area contributed by atoms with Crippen molar-refractivity contribution in [2.24, 2.45) is 5.92 Å². The number of hydrogen-bond acceptors (Lipinski definition) is 3. The number of unbranched alkanes of at least 4 members (excludes halogenated alkanes) is 1. The van der Waals surface area contributed by atoms with Gasteiger partial charge in [-0.3, -0.25) is 0 Å². The van der Waals surface area contributed by atoms with Gasteiger partial charge in [-0.2, -0.15) is 17.0 Å². The van der Waals surface area contributed by atoms with Crippen LogP contribution < -0.4 is 5.32 Å². The van der Waals surface area contributed by atoms with E-state index >= 15 is 0 Å². The molecule has 1 saturated carbocycles. The Morgan fingerprint density at radius 3 is 2.81 bits per heavy atom. The van der Waals surface area contributed by atoms with Gasteiger partial charge in [0, 0.05) is 6.04 Å². The third kappa shape index (κ3) is 5.23. The van der Waals surface area contributed by atoms with Crippen LogP contribution in [0.25, 0.3) is 0 Å². The standard InChI is InChI=1S/C13H24N2S/c1-16-10-6-5-9-15-13-8-4-2-3-7-12(13)11-14/h12-13,15H,2-10H2,1H3. The van der Waals surface area contributed by atoms with Crippen LogP contribution >= 0.6 is 11.8 Å². The molecular weight excluding hydrogens is 216 g/mol. The van der Waals surface area contributed by atoms with E-state index in [0.29, 0.717) is 6.04 Å². The van der Waals surface area contributed by atoms with Gasteiger partial charge in [0.2, 0.25) is 0 Å². The van der Waals surface area contributed by atoms with E-state index in [1.807, 2.05) is 11.8 Å². The van der Waals surface area contributed by atoms with Crippen LogP contribution in [0.5, 0.6) is 0 Å². The van der Waals surface area contributed by atoms with E-state index in [4.69, 9.17) is 5.26 Å². The average molecular weight is 240 g/mol. The minimum absolute atomic E-state index is 0.253. The molecule has 2 nitrogen and oxygen atoms in total. The smallest absolute Gasteiger partial charge is 0.0672 e. The number of nitrogens with one attached hydrogen (secondary N) is 1. The first-order chi connectivity index (χ1) is 7.88. The summed E-state index contributed by atoms with van der Waals surface area (Å²) in [4.78, 5) is 0. The maximum absolute atomic E-state index is 9.13. The van der Waals surface area contributed by atoms with Gasteiger partial charge in [-0.15, -0.1) is 0 Å². The molecule has 0 amide bonds. The summed E-state index contributed by atoms with van der Waals surface area (Å²) in [5.74, 6) is 1.51. The molecule has 0 radical (unpaired) electrons. The summed E-state index contributed by atoms with van der Waals surface area (Å²) < 4.78 is 0. The van der Waals surface area contributed by atoms with E-state index in [1.165, 1.54) is 44.3 Å². The van der Waals surface area contributed by atoms with Crippen molar-refractivity contribution in [3.63, 3.8) is 0 Å². The second-order valence-electron chi connectivity index (χ2n) is 4.63. The Morgan fingerprint density at radius 2 is 2.06 bits per heavy atom. The Kier molecular flexibility index (Phi) is 7.71. The molecule has 2 atom stereocenters. The summed E-state index contributed by atoms with van der Waals surface area (Å²) in [6.45, 7) is 1.09. The first-order valence-corrected chi connectivity index (χ1v) is 7.90. The van der Waals surface area contributed by atoms with Gasteiger partial charge >= 0.3 is 0 Å². The van der Waals surface area contributed by atoms with Gasteiger partial charge in [-0.1, -0.05) is 19.3 Å². The Balaban J connectivity index is 2.19. The van der Waals surface area contributed by atoms with Crippen molar-refractivity contribution in [1.82, 2.24) is 5.32 Å². The SMILES string of the molecule is CSCCCCNC1CCCCCC1C#N. The highest BCUT2D eigenvalue weighted by atomic mass is 32.2. The predicted octanol–water partition coefficient (Wildman–Crippen LogP) is 3.19. The van der Waals surface area contributed by atoms with Crippen molar-refractivity contribution >= 4 is 11.8 Å². The van der Waals surface area contributed by atoms with Gasteiger partial charge in [-0.25, -0.2) is 0 Å². The van der Waals surface area contributed by atoms with Crippen LogP contribution in [-0.4, -0.2) is 24.6 Å². The van der Waals surface area contributed by atoms with Crippen molar-refractivity contribution in [3.05, 3.63) is 0 Å². The number of rotatable bonds is 6. The van der Waals surface area contributed by atoms with Crippen molar-refractivity contribution in [1.29, 1.82) is 5.26 Å². The molecule has 0 aliphatic heterocycles. The third-order valence-electron chi connectivity index (χ3n) is 3.36. The number of thioether (sulfide) groups is 1. The molecule has 1 aliphatic carbocycles. The predicted molar refractivity (Wildman–Crippen MR) is 71.6 cm³/mol. The molecule has 3 heteroatoms. The van der Waals surface area contributed by atoms with Crippen molar-refractivity contribution in [2.75, 3.05) is 18.6 Å². The fourth-order valence-corrected chi connectivity index (χ4v) is 2.86. The topological polar surface area (TPSA) is 35.8 Å². The summed E-state index contributed by atoms with van der Waals surface area (Å²) in [7, 11) is 0. The largest absolute Gasteiger partial charge is 0.313 e. The van der Waals surface area contributed by atoms with E-state index < -0.39 is 0 Å². The first-order valence-electron chi connectivity index (χ1n) is 6.50. The highest BCUT2D eigenvalue weighted by Crippen LogP contribution is 2.22. The van der Waals surface area contributed by atoms with Crippen LogP contribution in [0.3, 0.4) is 0 Å². The van der Waals surface area contributed by atoms with Gasteiger partial charge in [0.15, 0.2) is 0 Å². The lowest BCUT2D eigenvalue weighted by Gasteiger charge is -2.20. The molecule has 0 aromatic heterocycles. The summed E-state index contributed by atoms with van der Waals surface area (Å²) in [6, 6.07) is 2.94. The highest BCUT2D eigenvalue weighted by molar-refractivity contribution is 7.98. The van der Waals surface area contributed by atoms with E-state index in [1.54, 1.807) is 0 Å². The lowest BCUT2D eigenvalue weighted by molar-refractivity contribution is 0.392. The van der Waals surface area contributed by atoms with Gasteiger partial charge in [0.05, 0.1) is 12.0 Å². The zero-order valence-electron chi connectivity index (χ0n) is 10.4. The van der Waals surface area contributed by atoms with E-state index in [0.717, 1.165) is 13.0 Å². The van der Waals surface area contributed by atoms with Gasteiger partial charge < -0.3 is 5.32 Å². The second-order valence-corrected chi connectivity index (χ2v) is 5.62. The molecule has 1 rings (SSSR count). The monoisotopic (exact) mass is 240 g/mol. The van der Waals surface area contributed by atoms with E-state index in [-0.39, 0.29) is 5.92 Å². The van der Waals surface area contributed by atoms with Crippen molar-refractivity contribution < 1.29 is 0 Å². The zero-order chi connectivity index (χ0) is 11.6. The van der Waals surface area contributed by atoms with Crippen LogP contribution in [0.2, 0.25) is 0 Å². The molecule has 1 N–H and O–H groups in total. The quantitative estimate of drug-likeness (QED) is 0.572. The first kappa shape index (κ1) is 13.9. The minimum Gasteiger partial charge on any atom is -0.313 e. The molecule has 0 spiro atoms. The van der Waals surface area contributed by atoms with E-state index in [9.17, 15) is 0 Å². The molecule has 0 heterocycles. The Labute approximate surface area is 104 Å². The van der Waals surface area contributed by atoms with Gasteiger partial charge in [0.25, 0.3) is 0 Å². The normalized spacial score (nSPS) is 26.0. The van der Waals surface area contributed by atoms with Crippen molar-refractivity contribution in [3.8, 4) is 6.07 Å². The molecule has 1 aliphatic rings. The average Bonchev–Trinajstić information content (AvgIpc) is 2.53. The summed E-state index contributed by atoms with van der Waals surface area (Å²) in [5.41, 5.74) is 0. The molecule has 0 bridgehead atoms. The van der Waals surface area contributed by atoms with E-state index in [2.05, 4.69) is 17.6 Å². The lowest BCUT2D eigenvalue weighted by Crippen LogP contribution is -2.35. The van der Waals surface area contributed by atoms with Crippen LogP contribution in [0, 0.1) is 17.2 Å². The van der Waals surface area contributed by atoms with Crippen molar-refractivity contribution in [2.45, 2.75) is 51.0 Å². The summed E-state index contributed by atoms with van der Waals surface area (Å²) >= 11 is 1.92. The van der Waals surface area contributed by atoms with Crippen LogP contribution in [0.4, 0.5) is 0 Å². The molecule has 16 heavy (non-hydrogen) atoms. The molecule has 0 saturated heterocycles. The zero-order valence-corrected chi connectivity index (χ0v) is 11.2. The minimum atomic E-state index is 0.253. The molecule has 1 fully saturated rings. The summed E-state index contributed by atoms with van der Waals surface area (Å²) in [5, 5.41) is 12.7. The Morgan fingerprint density at radius 1 is 1.25 bits per heavy atom. The molecular formula is C13H24N2S. The number of nitrogens with zero attached hydrogens (tertiary/aromatic N) is 1. The Hall–Kier alpha value is -0.200. The second kappa shape index (κ2) is 8.90. The molecule has 92 valence electrons. The number of hydrogen-bond donors (Lipinski definition) is 1. The molecule has 2 unspecified atom stereocenters. The van der Waals surface area contributed by atoms with Crippen LogP contribution in [0.15, 0.2) is 0 Å². The summed E-state index contributed by atoms with van der Waals surface area (Å²) in [6.07, 6.45) is 10.8. The third-order valence-corrected chi connectivity index (χ3v) is 4.06. The highest BCUT2D eigenvalue weighted by Gasteiger charge is 2.22. The maximum Gasteiger partial charge on any atom is 0.0672 e. The van der Waals surface area contributed by atoms with Crippen LogP contribution in [-0.2, 0) is 0 Å². The fourth-order valence-electron chi connectivity index (χ4n) is 2.37. The molecule has 0 aromatic rings. The van der Waals surface area contributed by atoms with Crippen LogP contribution in [0.1, 0.15) is 44.9 Å². The number of nitriles is 1. The molecule has 0 aromatic carbocycles. The lowest BCUT2D eigenvalue weighted by atomic mass is 9.96. The van der Waals surface area contributed by atoms with Gasteiger partial charge in [-0.05, 0) is 44.2 Å².